The van der Waals surface area contributed by atoms with Crippen LogP contribution in [0.25, 0.3) is 0 Å². The predicted octanol–water partition coefficient (Wildman–Crippen LogP) is 10.3. The Morgan fingerprint density at radius 2 is 1.33 bits per heavy atom. The zero-order valence-corrected chi connectivity index (χ0v) is 29.7. The smallest absolute Gasteiger partial charge is 0.205 e. The maximum Gasteiger partial charge on any atom is 0.205 e. The summed E-state index contributed by atoms with van der Waals surface area (Å²) in [7, 11) is 0. The van der Waals surface area contributed by atoms with Gasteiger partial charge in [-0.2, -0.15) is 0 Å². The lowest BCUT2D eigenvalue weighted by Crippen LogP contribution is -2.50. The minimum atomic E-state index is -0.130. The molecule has 46 heavy (non-hydrogen) atoms. The molecule has 0 aliphatic heterocycles. The molecule has 0 spiro atoms. The van der Waals surface area contributed by atoms with Crippen molar-refractivity contribution in [1.82, 2.24) is 0 Å². The molecule has 0 amide bonds. The van der Waals surface area contributed by atoms with Gasteiger partial charge in [-0.05, 0) is 153 Å². The molecule has 5 aliphatic carbocycles. The van der Waals surface area contributed by atoms with Gasteiger partial charge in [-0.1, -0.05) is 64.8 Å². The van der Waals surface area contributed by atoms with Gasteiger partial charge in [-0.3, -0.25) is 9.59 Å². The van der Waals surface area contributed by atoms with Gasteiger partial charge in [-0.25, -0.2) is 0 Å². The maximum atomic E-state index is 14.1. The Labute approximate surface area is 277 Å². The highest BCUT2D eigenvalue weighted by Crippen LogP contribution is 2.63. The highest BCUT2D eigenvalue weighted by atomic mass is 16.3. The molecule has 0 aromatic heterocycles. The van der Waals surface area contributed by atoms with Gasteiger partial charge in [0.2, 0.25) is 5.78 Å². The molecule has 1 aromatic carbocycles. The van der Waals surface area contributed by atoms with Crippen LogP contribution in [0.4, 0.5) is 5.69 Å². The molecule has 4 heteroatoms. The lowest BCUT2D eigenvalue weighted by molar-refractivity contribution is -0.116. The van der Waals surface area contributed by atoms with Crippen LogP contribution >= 0.6 is 0 Å². The summed E-state index contributed by atoms with van der Waals surface area (Å²) in [5, 5.41) is 14.4. The van der Waals surface area contributed by atoms with Crippen LogP contribution in [0.15, 0.2) is 64.9 Å². The van der Waals surface area contributed by atoms with Gasteiger partial charge in [0, 0.05) is 17.3 Å². The SMILES string of the molecule is CC1=CCC[C@H]2[C@](C)(CC3=CC(=O)C=C(Nc4ccc(O)c(C[C@]5(C)[C@@H](C)CC[C@]6(C)C(C)=CCC[C@@H]56)c4)C3=O)[C@@H](C)CC[C@]12C. The Kier molecular flexibility index (Phi) is 8.38. The van der Waals surface area contributed by atoms with Crippen LogP contribution < -0.4 is 5.32 Å². The molecule has 2 fully saturated rings. The van der Waals surface area contributed by atoms with E-state index in [0.29, 0.717) is 47.1 Å². The third-order valence-corrected chi connectivity index (χ3v) is 14.8. The van der Waals surface area contributed by atoms with E-state index in [1.54, 1.807) is 12.1 Å². The highest BCUT2D eigenvalue weighted by Gasteiger charge is 2.55. The number of phenolic OH excluding ortho intramolecular Hbond substituents is 1. The van der Waals surface area contributed by atoms with Crippen LogP contribution in [0, 0.1) is 45.3 Å². The van der Waals surface area contributed by atoms with Gasteiger partial charge >= 0.3 is 0 Å². The van der Waals surface area contributed by atoms with Crippen LogP contribution in [-0.4, -0.2) is 16.7 Å². The second kappa shape index (κ2) is 11.7. The number of Topliss-reactive ketones (excluding diaryl/α,β-unsaturated/α-hetero) is 1. The van der Waals surface area contributed by atoms with Crippen molar-refractivity contribution in [1.29, 1.82) is 0 Å². The molecule has 4 nitrogen and oxygen atoms in total. The molecule has 0 radical (unpaired) electrons. The van der Waals surface area contributed by atoms with E-state index in [4.69, 9.17) is 0 Å². The van der Waals surface area contributed by atoms with E-state index in [1.807, 2.05) is 12.1 Å². The van der Waals surface area contributed by atoms with Gasteiger partial charge in [0.1, 0.15) is 5.75 Å². The molecule has 8 atom stereocenters. The van der Waals surface area contributed by atoms with Crippen LogP contribution in [0.2, 0.25) is 0 Å². The lowest BCUT2D eigenvalue weighted by atomic mass is 9.46. The van der Waals surface area contributed by atoms with Crippen molar-refractivity contribution in [3.05, 3.63) is 70.5 Å². The summed E-state index contributed by atoms with van der Waals surface area (Å²) >= 11 is 0. The van der Waals surface area contributed by atoms with E-state index in [-0.39, 0.29) is 33.2 Å². The van der Waals surface area contributed by atoms with Crippen LogP contribution in [-0.2, 0) is 16.0 Å². The van der Waals surface area contributed by atoms with Crippen molar-refractivity contribution in [2.45, 2.75) is 120 Å². The number of hydrogen-bond donors (Lipinski definition) is 2. The first-order chi connectivity index (χ1) is 21.6. The molecular weight excluding hydrogens is 566 g/mol. The van der Waals surface area contributed by atoms with Crippen LogP contribution in [0.1, 0.15) is 119 Å². The van der Waals surface area contributed by atoms with Crippen molar-refractivity contribution in [3.8, 4) is 5.75 Å². The number of aromatic hydroxyl groups is 1. The molecular formula is C42H57NO3. The topological polar surface area (TPSA) is 66.4 Å². The van der Waals surface area contributed by atoms with Crippen LogP contribution in [0.5, 0.6) is 5.75 Å². The minimum absolute atomic E-state index is 0.0394. The maximum absolute atomic E-state index is 14.1. The van der Waals surface area contributed by atoms with Gasteiger partial charge in [0.25, 0.3) is 0 Å². The molecule has 0 unspecified atom stereocenters. The standard InChI is InChI=1S/C42H57NO3/c1-26-11-9-13-36-39(26,5)19-17-28(3)41(36,7)24-30-21-32(15-16-35(30)45)43-34-23-33(44)22-31(38(34)46)25-42(8)29(4)18-20-40(6)27(2)12-10-14-37(40)42/h11-12,15-16,21-23,28-29,36-37,43,45H,9-10,13-14,17-20,24-25H2,1-8H3/t28-,29-,36+,37+,39+,40+,41+,42+/m0/s1. The molecule has 0 heterocycles. The summed E-state index contributed by atoms with van der Waals surface area (Å²) < 4.78 is 0. The quantitative estimate of drug-likeness (QED) is 0.188. The number of rotatable bonds is 6. The number of allylic oxidation sites excluding steroid dienone is 7. The third-order valence-electron chi connectivity index (χ3n) is 14.8. The Morgan fingerprint density at radius 1 is 0.783 bits per heavy atom. The van der Waals surface area contributed by atoms with E-state index in [0.717, 1.165) is 43.4 Å². The number of phenols is 1. The predicted molar refractivity (Wildman–Crippen MR) is 188 cm³/mol. The van der Waals surface area contributed by atoms with Gasteiger partial charge in [0.15, 0.2) is 5.78 Å². The summed E-state index contributed by atoms with van der Waals surface area (Å²) in [6, 6.07) is 5.58. The fourth-order valence-corrected chi connectivity index (χ4v) is 11.1. The number of carbonyl (C=O) groups is 2. The number of carbonyl (C=O) groups excluding carboxylic acids is 2. The molecule has 248 valence electrons. The Hall–Kier alpha value is -2.88. The fourth-order valence-electron chi connectivity index (χ4n) is 11.1. The second-order valence-electron chi connectivity index (χ2n) is 17.0. The molecule has 0 bridgehead atoms. The third kappa shape index (κ3) is 5.27. The highest BCUT2D eigenvalue weighted by molar-refractivity contribution is 6.21. The Bertz CT molecular complexity index is 1560. The van der Waals surface area contributed by atoms with Crippen LogP contribution in [0.3, 0.4) is 0 Å². The molecule has 0 saturated heterocycles. The summed E-state index contributed by atoms with van der Waals surface area (Å²) in [6.07, 6.45) is 18.5. The number of fused-ring (bicyclic) bond motifs is 2. The summed E-state index contributed by atoms with van der Waals surface area (Å²) in [5.74, 6) is 2.12. The molecule has 6 rings (SSSR count). The number of nitrogens with one attached hydrogen (secondary N) is 1. The van der Waals surface area contributed by atoms with Gasteiger partial charge < -0.3 is 10.4 Å². The first kappa shape index (κ1) is 33.0. The van der Waals surface area contributed by atoms with E-state index < -0.39 is 0 Å². The summed E-state index contributed by atoms with van der Waals surface area (Å²) in [4.78, 5) is 27.2. The van der Waals surface area contributed by atoms with E-state index in [1.165, 1.54) is 42.9 Å². The first-order valence-corrected chi connectivity index (χ1v) is 18.1. The summed E-state index contributed by atoms with van der Waals surface area (Å²) in [5.41, 5.74) is 5.96. The normalized spacial score (nSPS) is 39.4. The first-order valence-electron chi connectivity index (χ1n) is 18.1. The van der Waals surface area contributed by atoms with Crippen molar-refractivity contribution < 1.29 is 14.7 Å². The number of anilines is 1. The van der Waals surface area contributed by atoms with Gasteiger partial charge in [0.05, 0.1) is 5.70 Å². The van der Waals surface area contributed by atoms with Crippen molar-refractivity contribution >= 4 is 17.3 Å². The molecule has 5 aliphatic rings. The van der Waals surface area contributed by atoms with Crippen molar-refractivity contribution in [2.24, 2.45) is 45.3 Å². The monoisotopic (exact) mass is 623 g/mol. The lowest BCUT2D eigenvalue weighted by Gasteiger charge is -2.58. The minimum Gasteiger partial charge on any atom is -0.508 e. The molecule has 1 aromatic rings. The largest absolute Gasteiger partial charge is 0.508 e. The Balaban J connectivity index is 1.23. The number of ketones is 2. The average molecular weight is 624 g/mol. The second-order valence-corrected chi connectivity index (χ2v) is 17.0. The molecule has 2 N–H and O–H groups in total. The van der Waals surface area contributed by atoms with Crippen molar-refractivity contribution in [2.75, 3.05) is 5.32 Å². The average Bonchev–Trinajstić information content (AvgIpc) is 3.00. The van der Waals surface area contributed by atoms with E-state index in [9.17, 15) is 14.7 Å². The zero-order chi connectivity index (χ0) is 33.2. The van der Waals surface area contributed by atoms with Crippen molar-refractivity contribution in [3.63, 3.8) is 0 Å². The summed E-state index contributed by atoms with van der Waals surface area (Å²) in [6.45, 7) is 19.0. The van der Waals surface area contributed by atoms with E-state index >= 15 is 0 Å². The fraction of sp³-hybridized carbons (Fsp3) is 0.619. The number of benzene rings is 1. The number of hydrogen-bond acceptors (Lipinski definition) is 4. The zero-order valence-electron chi connectivity index (χ0n) is 29.7. The van der Waals surface area contributed by atoms with E-state index in [2.05, 4.69) is 72.9 Å². The van der Waals surface area contributed by atoms with Gasteiger partial charge in [-0.15, -0.1) is 0 Å². The molecule has 2 saturated carbocycles. The Morgan fingerprint density at radius 3 is 1.89 bits per heavy atom.